The highest BCUT2D eigenvalue weighted by Crippen LogP contribution is 2.20. The van der Waals surface area contributed by atoms with Crippen molar-refractivity contribution in [2.75, 3.05) is 13.1 Å². The Morgan fingerprint density at radius 1 is 1.27 bits per heavy atom. The first-order valence-electron chi connectivity index (χ1n) is 6.04. The van der Waals surface area contributed by atoms with E-state index in [4.69, 9.17) is 5.11 Å². The molecular weight excluding hydrogens is 327 g/mol. The highest BCUT2D eigenvalue weighted by atomic mass is 32.2. The lowest BCUT2D eigenvalue weighted by Crippen LogP contribution is -2.39. The molecular formula is C12H14F3NO5S. The molecule has 0 aliphatic heterocycles. The number of nitrogens with zero attached hydrogens (tertiary/aromatic N) is 1. The van der Waals surface area contributed by atoms with Gasteiger partial charge >= 0.3 is 5.97 Å². The van der Waals surface area contributed by atoms with Gasteiger partial charge in [-0.2, -0.15) is 4.31 Å². The van der Waals surface area contributed by atoms with Crippen LogP contribution in [0.1, 0.15) is 17.3 Å². The monoisotopic (exact) mass is 341 g/mol. The van der Waals surface area contributed by atoms with Crippen LogP contribution in [0.4, 0.5) is 13.2 Å². The predicted octanol–water partition coefficient (Wildman–Crippen LogP) is 1.16. The van der Waals surface area contributed by atoms with E-state index in [9.17, 15) is 31.5 Å². The Morgan fingerprint density at radius 2 is 1.86 bits per heavy atom. The van der Waals surface area contributed by atoms with Gasteiger partial charge in [-0.25, -0.2) is 26.4 Å². The second-order valence-electron chi connectivity index (χ2n) is 4.54. The third-order valence-electron chi connectivity index (χ3n) is 2.57. The van der Waals surface area contributed by atoms with Gasteiger partial charge in [0.25, 0.3) is 6.43 Å². The number of aromatic carboxylic acids is 1. The molecule has 1 aromatic carbocycles. The van der Waals surface area contributed by atoms with E-state index in [0.29, 0.717) is 18.2 Å². The van der Waals surface area contributed by atoms with E-state index in [2.05, 4.69) is 0 Å². The van der Waals surface area contributed by atoms with Gasteiger partial charge in [0.15, 0.2) is 0 Å². The number of hydrogen-bond acceptors (Lipinski definition) is 4. The molecule has 0 amide bonds. The lowest BCUT2D eigenvalue weighted by Gasteiger charge is -2.23. The molecule has 1 unspecified atom stereocenters. The van der Waals surface area contributed by atoms with Crippen LogP contribution in [0.2, 0.25) is 0 Å². The topological polar surface area (TPSA) is 94.9 Å². The van der Waals surface area contributed by atoms with Crippen LogP contribution in [-0.2, 0) is 10.0 Å². The maximum absolute atomic E-state index is 13.4. The molecule has 0 saturated carbocycles. The van der Waals surface area contributed by atoms with Crippen molar-refractivity contribution < 1.29 is 36.6 Å². The Morgan fingerprint density at radius 3 is 2.32 bits per heavy atom. The highest BCUT2D eigenvalue weighted by molar-refractivity contribution is 7.89. The number of sulfonamides is 1. The summed E-state index contributed by atoms with van der Waals surface area (Å²) in [5, 5.41) is 18.0. The summed E-state index contributed by atoms with van der Waals surface area (Å²) in [5.74, 6) is -2.69. The molecule has 10 heteroatoms. The second-order valence-corrected chi connectivity index (χ2v) is 6.48. The quantitative estimate of drug-likeness (QED) is 0.776. The second kappa shape index (κ2) is 7.07. The summed E-state index contributed by atoms with van der Waals surface area (Å²) in [5.41, 5.74) is -0.632. The van der Waals surface area contributed by atoms with Crippen LogP contribution in [0.15, 0.2) is 23.1 Å². The fraction of sp³-hybridized carbons (Fsp3) is 0.417. The van der Waals surface area contributed by atoms with Gasteiger partial charge in [-0.3, -0.25) is 0 Å². The molecule has 0 heterocycles. The van der Waals surface area contributed by atoms with Gasteiger partial charge in [0.2, 0.25) is 10.0 Å². The molecule has 6 nitrogen and oxygen atoms in total. The zero-order chi connectivity index (χ0) is 17.1. The van der Waals surface area contributed by atoms with Crippen LogP contribution < -0.4 is 0 Å². The molecule has 124 valence electrons. The summed E-state index contributed by atoms with van der Waals surface area (Å²) in [6.45, 7) is -0.639. The van der Waals surface area contributed by atoms with Crippen LogP contribution >= 0.6 is 0 Å². The number of alkyl halides is 2. The van der Waals surface area contributed by atoms with E-state index < -0.39 is 57.9 Å². The maximum atomic E-state index is 13.4. The van der Waals surface area contributed by atoms with Crippen molar-refractivity contribution in [2.24, 2.45) is 0 Å². The van der Waals surface area contributed by atoms with Gasteiger partial charge in [0.1, 0.15) is 5.82 Å². The number of rotatable bonds is 7. The standard InChI is InChI=1S/C12H14F3NO5S/c1-7(17)5-16(6-11(14)15)22(20,21)10-3-8(12(18)19)2-9(13)4-10/h2-4,7,11,17H,5-6H2,1H3,(H,18,19). The third kappa shape index (κ3) is 4.68. The molecule has 0 radical (unpaired) electrons. The zero-order valence-electron chi connectivity index (χ0n) is 11.4. The summed E-state index contributed by atoms with van der Waals surface area (Å²) in [4.78, 5) is 10.1. The molecule has 0 aliphatic rings. The van der Waals surface area contributed by atoms with E-state index in [1.807, 2.05) is 0 Å². The number of hydrogen-bond donors (Lipinski definition) is 2. The molecule has 1 aromatic rings. The van der Waals surface area contributed by atoms with Crippen molar-refractivity contribution in [3.63, 3.8) is 0 Å². The van der Waals surface area contributed by atoms with Gasteiger partial charge in [0, 0.05) is 6.54 Å². The average molecular weight is 341 g/mol. The number of carboxylic acids is 1. The summed E-state index contributed by atoms with van der Waals surface area (Å²) >= 11 is 0. The van der Waals surface area contributed by atoms with E-state index in [1.165, 1.54) is 6.92 Å². The molecule has 0 spiro atoms. The molecule has 0 aliphatic carbocycles. The first-order chi connectivity index (χ1) is 10.0. The van der Waals surface area contributed by atoms with Gasteiger partial charge < -0.3 is 10.2 Å². The molecule has 0 saturated heterocycles. The molecule has 2 N–H and O–H groups in total. The molecule has 22 heavy (non-hydrogen) atoms. The van der Waals surface area contributed by atoms with Crippen molar-refractivity contribution in [1.82, 2.24) is 4.31 Å². The lowest BCUT2D eigenvalue weighted by molar-refractivity contribution is 0.0695. The largest absolute Gasteiger partial charge is 0.478 e. The summed E-state index contributed by atoms with van der Waals surface area (Å²) in [6.07, 6.45) is -4.25. The van der Waals surface area contributed by atoms with Crippen LogP contribution in [0.5, 0.6) is 0 Å². The number of halogens is 3. The predicted molar refractivity (Wildman–Crippen MR) is 69.8 cm³/mol. The van der Waals surface area contributed by atoms with Crippen molar-refractivity contribution in [1.29, 1.82) is 0 Å². The first kappa shape index (κ1) is 18.4. The minimum Gasteiger partial charge on any atom is -0.478 e. The Labute approximate surface area is 124 Å². The normalized spacial score (nSPS) is 13.6. The van der Waals surface area contributed by atoms with Crippen molar-refractivity contribution >= 4 is 16.0 Å². The number of carboxylic acid groups (broad SMARTS) is 1. The van der Waals surface area contributed by atoms with Crippen molar-refractivity contribution in [3.8, 4) is 0 Å². The lowest BCUT2D eigenvalue weighted by atomic mass is 10.2. The fourth-order valence-corrected chi connectivity index (χ4v) is 3.26. The number of carbonyl (C=O) groups is 1. The highest BCUT2D eigenvalue weighted by Gasteiger charge is 2.29. The van der Waals surface area contributed by atoms with E-state index in [-0.39, 0.29) is 4.31 Å². The van der Waals surface area contributed by atoms with Gasteiger partial charge in [-0.1, -0.05) is 0 Å². The molecule has 0 aromatic heterocycles. The van der Waals surface area contributed by atoms with E-state index in [0.717, 1.165) is 0 Å². The Balaban J connectivity index is 3.32. The number of aliphatic hydroxyl groups is 1. The summed E-state index contributed by atoms with van der Waals surface area (Å²) in [6, 6.07) is 1.80. The van der Waals surface area contributed by atoms with E-state index in [1.54, 1.807) is 0 Å². The first-order valence-corrected chi connectivity index (χ1v) is 7.48. The third-order valence-corrected chi connectivity index (χ3v) is 4.37. The van der Waals surface area contributed by atoms with Crippen LogP contribution in [0.25, 0.3) is 0 Å². The molecule has 1 atom stereocenters. The van der Waals surface area contributed by atoms with E-state index >= 15 is 0 Å². The Hall–Kier alpha value is -1.65. The van der Waals surface area contributed by atoms with Crippen molar-refractivity contribution in [2.45, 2.75) is 24.3 Å². The van der Waals surface area contributed by atoms with Gasteiger partial charge in [0.05, 0.1) is 23.1 Å². The summed E-state index contributed by atoms with van der Waals surface area (Å²) in [7, 11) is -4.58. The summed E-state index contributed by atoms with van der Waals surface area (Å²) < 4.78 is 63.2. The minimum atomic E-state index is -4.58. The number of benzene rings is 1. The van der Waals surface area contributed by atoms with Gasteiger partial charge in [-0.05, 0) is 25.1 Å². The Bertz CT molecular complexity index is 638. The van der Waals surface area contributed by atoms with Crippen molar-refractivity contribution in [3.05, 3.63) is 29.6 Å². The molecule has 1 rings (SSSR count). The minimum absolute atomic E-state index is 0.280. The number of aliphatic hydroxyl groups excluding tert-OH is 1. The Kier molecular flexibility index (Phi) is 5.92. The molecule has 0 fully saturated rings. The zero-order valence-corrected chi connectivity index (χ0v) is 12.2. The average Bonchev–Trinajstić information content (AvgIpc) is 2.35. The smallest absolute Gasteiger partial charge is 0.335 e. The van der Waals surface area contributed by atoms with Crippen LogP contribution in [-0.4, -0.2) is 54.5 Å². The van der Waals surface area contributed by atoms with Crippen LogP contribution in [0.3, 0.4) is 0 Å². The fourth-order valence-electron chi connectivity index (χ4n) is 1.70. The molecule has 0 bridgehead atoms. The SMILES string of the molecule is CC(O)CN(CC(F)F)S(=O)(=O)c1cc(F)cc(C(=O)O)c1. The maximum Gasteiger partial charge on any atom is 0.335 e. The van der Waals surface area contributed by atoms with Crippen LogP contribution in [0, 0.1) is 5.82 Å². The van der Waals surface area contributed by atoms with Gasteiger partial charge in [-0.15, -0.1) is 0 Å².